The number of nitro groups is 1. The molecule has 0 saturated heterocycles. The zero-order chi connectivity index (χ0) is 20.5. The van der Waals surface area contributed by atoms with Crippen LogP contribution in [0.2, 0.25) is 0 Å². The van der Waals surface area contributed by atoms with Crippen LogP contribution < -0.4 is 5.32 Å². The lowest BCUT2D eigenvalue weighted by molar-refractivity contribution is -0.385. The molecule has 1 aliphatic heterocycles. The van der Waals surface area contributed by atoms with Gasteiger partial charge in [0.05, 0.1) is 16.2 Å². The van der Waals surface area contributed by atoms with E-state index in [2.05, 4.69) is 14.9 Å². The van der Waals surface area contributed by atoms with Crippen molar-refractivity contribution in [2.45, 2.75) is 32.7 Å². The van der Waals surface area contributed by atoms with E-state index in [0.717, 1.165) is 55.0 Å². The molecule has 29 heavy (non-hydrogen) atoms. The monoisotopic (exact) mass is 394 g/mol. The Kier molecular flexibility index (Phi) is 4.84. The van der Waals surface area contributed by atoms with E-state index in [9.17, 15) is 19.3 Å². The minimum absolute atomic E-state index is 0.0997. The number of hydrogen-bond donors (Lipinski definition) is 1. The Morgan fingerprint density at radius 3 is 2.86 bits per heavy atom. The van der Waals surface area contributed by atoms with Crippen molar-refractivity contribution in [2.24, 2.45) is 0 Å². The molecule has 0 bridgehead atoms. The fraction of sp³-hybridized carbons (Fsp3) is 0.238. The van der Waals surface area contributed by atoms with Crippen molar-refractivity contribution in [3.05, 3.63) is 75.5 Å². The average Bonchev–Trinajstić information content (AvgIpc) is 3.14. The van der Waals surface area contributed by atoms with Crippen LogP contribution in [0.5, 0.6) is 0 Å². The second kappa shape index (κ2) is 7.46. The summed E-state index contributed by atoms with van der Waals surface area (Å²) in [6, 6.07) is 9.27. The molecule has 0 unspecified atom stereocenters. The van der Waals surface area contributed by atoms with Gasteiger partial charge in [0.2, 0.25) is 0 Å². The molecule has 2 aromatic carbocycles. The molecule has 0 aliphatic carbocycles. The maximum atomic E-state index is 14.0. The Morgan fingerprint density at radius 1 is 1.28 bits per heavy atom. The molecule has 1 aliphatic rings. The van der Waals surface area contributed by atoms with Crippen molar-refractivity contribution in [3.63, 3.8) is 0 Å². The SMILES string of the molecule is Cc1c(F)cc(C(=O)Nc2cccc(-c3cn4c(n3)CCCC4)c2)cc1[N+](=O)[O-]. The molecule has 8 heteroatoms. The number of amides is 1. The summed E-state index contributed by atoms with van der Waals surface area (Å²) in [6.07, 6.45) is 5.23. The summed E-state index contributed by atoms with van der Waals surface area (Å²) in [5.41, 5.74) is 1.55. The number of carbonyl (C=O) groups is 1. The summed E-state index contributed by atoms with van der Waals surface area (Å²) >= 11 is 0. The number of nitrogens with one attached hydrogen (secondary N) is 1. The Balaban J connectivity index is 1.59. The number of nitro benzene ring substituents is 1. The van der Waals surface area contributed by atoms with Crippen LogP contribution >= 0.6 is 0 Å². The van der Waals surface area contributed by atoms with Crippen LogP contribution in [0.15, 0.2) is 42.6 Å². The van der Waals surface area contributed by atoms with Gasteiger partial charge in [-0.3, -0.25) is 14.9 Å². The van der Waals surface area contributed by atoms with Gasteiger partial charge in [-0.2, -0.15) is 0 Å². The first-order valence-corrected chi connectivity index (χ1v) is 9.35. The van der Waals surface area contributed by atoms with Gasteiger partial charge < -0.3 is 9.88 Å². The van der Waals surface area contributed by atoms with Crippen LogP contribution in [0.1, 0.15) is 34.6 Å². The molecule has 148 valence electrons. The Bertz CT molecular complexity index is 1100. The van der Waals surface area contributed by atoms with Gasteiger partial charge in [-0.05, 0) is 38.0 Å². The topological polar surface area (TPSA) is 90.1 Å². The van der Waals surface area contributed by atoms with Crippen LogP contribution in [0.25, 0.3) is 11.3 Å². The molecule has 1 amide bonds. The first-order valence-electron chi connectivity index (χ1n) is 9.35. The molecule has 1 aromatic heterocycles. The molecule has 1 N–H and O–H groups in total. The Labute approximate surface area is 166 Å². The summed E-state index contributed by atoms with van der Waals surface area (Å²) in [6.45, 7) is 2.26. The number of hydrogen-bond acceptors (Lipinski definition) is 4. The van der Waals surface area contributed by atoms with E-state index in [1.165, 1.54) is 6.92 Å². The molecule has 0 spiro atoms. The fourth-order valence-electron chi connectivity index (χ4n) is 3.50. The van der Waals surface area contributed by atoms with Gasteiger partial charge in [0.1, 0.15) is 11.6 Å². The van der Waals surface area contributed by atoms with Crippen molar-refractivity contribution in [2.75, 3.05) is 5.32 Å². The number of nitrogens with zero attached hydrogens (tertiary/aromatic N) is 3. The largest absolute Gasteiger partial charge is 0.334 e. The van der Waals surface area contributed by atoms with E-state index in [1.54, 1.807) is 18.2 Å². The van der Waals surface area contributed by atoms with Crippen molar-refractivity contribution < 1.29 is 14.1 Å². The molecule has 7 nitrogen and oxygen atoms in total. The highest BCUT2D eigenvalue weighted by Gasteiger charge is 2.20. The van der Waals surface area contributed by atoms with Crippen LogP contribution in [0.3, 0.4) is 0 Å². The third-order valence-electron chi connectivity index (χ3n) is 5.10. The van der Waals surface area contributed by atoms with E-state index in [-0.39, 0.29) is 11.1 Å². The second-order valence-corrected chi connectivity index (χ2v) is 7.09. The summed E-state index contributed by atoms with van der Waals surface area (Å²) in [5, 5.41) is 13.8. The lowest BCUT2D eigenvalue weighted by Crippen LogP contribution is -2.13. The van der Waals surface area contributed by atoms with Crippen molar-refractivity contribution in [1.82, 2.24) is 9.55 Å². The molecule has 0 atom stereocenters. The van der Waals surface area contributed by atoms with E-state index in [4.69, 9.17) is 0 Å². The van der Waals surface area contributed by atoms with Crippen LogP contribution in [-0.2, 0) is 13.0 Å². The molecule has 0 saturated carbocycles. The van der Waals surface area contributed by atoms with Crippen molar-refractivity contribution >= 4 is 17.3 Å². The molecule has 3 aromatic rings. The van der Waals surface area contributed by atoms with Gasteiger partial charge in [-0.25, -0.2) is 9.37 Å². The maximum absolute atomic E-state index is 14.0. The van der Waals surface area contributed by atoms with Crippen molar-refractivity contribution in [1.29, 1.82) is 0 Å². The summed E-state index contributed by atoms with van der Waals surface area (Å²) in [4.78, 5) is 27.6. The van der Waals surface area contributed by atoms with Gasteiger partial charge in [0, 0.05) is 42.0 Å². The van der Waals surface area contributed by atoms with Crippen molar-refractivity contribution in [3.8, 4) is 11.3 Å². The number of rotatable bonds is 4. The van der Waals surface area contributed by atoms with E-state index < -0.39 is 22.3 Å². The number of carbonyl (C=O) groups excluding carboxylic acids is 1. The minimum atomic E-state index is -0.790. The standard InChI is InChI=1S/C21H19FN4O3/c1-13-17(22)10-15(11-19(13)26(28)29)21(27)23-16-6-4-5-14(9-16)18-12-25-8-3-2-7-20(25)24-18/h4-6,9-12H,2-3,7-8H2,1H3,(H,23,27). The normalized spacial score (nSPS) is 13.0. The molecular formula is C21H19FN4O3. The molecular weight excluding hydrogens is 375 g/mol. The van der Waals surface area contributed by atoms with Gasteiger partial charge in [-0.1, -0.05) is 12.1 Å². The predicted molar refractivity (Wildman–Crippen MR) is 106 cm³/mol. The fourth-order valence-corrected chi connectivity index (χ4v) is 3.50. The van der Waals surface area contributed by atoms with Gasteiger partial charge in [0.15, 0.2) is 0 Å². The number of fused-ring (bicyclic) bond motifs is 1. The highest BCUT2D eigenvalue weighted by molar-refractivity contribution is 6.05. The number of benzene rings is 2. The zero-order valence-corrected chi connectivity index (χ0v) is 15.8. The average molecular weight is 394 g/mol. The smallest absolute Gasteiger partial charge is 0.276 e. The Hall–Kier alpha value is -3.55. The molecule has 0 radical (unpaired) electrons. The highest BCUT2D eigenvalue weighted by Crippen LogP contribution is 2.26. The lowest BCUT2D eigenvalue weighted by Gasteiger charge is -2.11. The quantitative estimate of drug-likeness (QED) is 0.521. The van der Waals surface area contributed by atoms with Gasteiger partial charge >= 0.3 is 0 Å². The maximum Gasteiger partial charge on any atom is 0.276 e. The highest BCUT2D eigenvalue weighted by atomic mass is 19.1. The third kappa shape index (κ3) is 3.73. The summed E-state index contributed by atoms with van der Waals surface area (Å²) in [7, 11) is 0. The lowest BCUT2D eigenvalue weighted by atomic mass is 10.1. The number of aromatic nitrogens is 2. The molecule has 4 rings (SSSR count). The van der Waals surface area contributed by atoms with Gasteiger partial charge in [0.25, 0.3) is 11.6 Å². The second-order valence-electron chi connectivity index (χ2n) is 7.09. The Morgan fingerprint density at radius 2 is 2.10 bits per heavy atom. The van der Waals surface area contributed by atoms with Crippen LogP contribution in [0.4, 0.5) is 15.8 Å². The number of imidazole rings is 1. The predicted octanol–water partition coefficient (Wildman–Crippen LogP) is 4.49. The van der Waals surface area contributed by atoms with Crippen LogP contribution in [-0.4, -0.2) is 20.4 Å². The first kappa shape index (κ1) is 18.8. The first-order chi connectivity index (χ1) is 13.9. The summed E-state index contributed by atoms with van der Waals surface area (Å²) < 4.78 is 16.2. The molecule has 2 heterocycles. The van der Waals surface area contributed by atoms with E-state index in [1.807, 2.05) is 12.3 Å². The van der Waals surface area contributed by atoms with Crippen LogP contribution in [0, 0.1) is 22.9 Å². The molecule has 0 fully saturated rings. The van der Waals surface area contributed by atoms with E-state index >= 15 is 0 Å². The zero-order valence-electron chi connectivity index (χ0n) is 15.8. The third-order valence-corrected chi connectivity index (χ3v) is 5.10. The van der Waals surface area contributed by atoms with E-state index in [0.29, 0.717) is 5.69 Å². The number of halogens is 1. The van der Waals surface area contributed by atoms with Gasteiger partial charge in [-0.15, -0.1) is 0 Å². The number of aryl methyl sites for hydroxylation is 2. The summed E-state index contributed by atoms with van der Waals surface area (Å²) in [5.74, 6) is -0.349. The minimum Gasteiger partial charge on any atom is -0.334 e. The number of anilines is 1.